The highest BCUT2D eigenvalue weighted by molar-refractivity contribution is 6.08. The third-order valence-electron chi connectivity index (χ3n) is 6.11. The number of pyridine rings is 2. The number of hydrogen-bond acceptors (Lipinski definition) is 7. The van der Waals surface area contributed by atoms with Crippen LogP contribution in [0, 0.1) is 11.6 Å². The minimum absolute atomic E-state index is 0.0357. The molecule has 9 nitrogen and oxygen atoms in total. The molecule has 1 aliphatic rings. The zero-order valence-corrected chi connectivity index (χ0v) is 20.8. The highest BCUT2D eigenvalue weighted by Gasteiger charge is 2.28. The molecule has 2 amide bonds. The average Bonchev–Trinajstić information content (AvgIpc) is 2.86. The van der Waals surface area contributed by atoms with Gasteiger partial charge in [-0.1, -0.05) is 0 Å². The van der Waals surface area contributed by atoms with E-state index < -0.39 is 41.2 Å². The number of halogens is 3. The van der Waals surface area contributed by atoms with E-state index >= 15 is 4.39 Å². The van der Waals surface area contributed by atoms with Gasteiger partial charge in [0.25, 0.3) is 11.8 Å². The van der Waals surface area contributed by atoms with E-state index in [2.05, 4.69) is 20.6 Å². The Labute approximate surface area is 217 Å². The number of nitrogens with zero attached hydrogens (tertiary/aromatic N) is 3. The summed E-state index contributed by atoms with van der Waals surface area (Å²) < 4.78 is 43.9. The molecule has 2 aromatic heterocycles. The first-order valence-electron chi connectivity index (χ1n) is 12.0. The largest absolute Gasteiger partial charge is 0.397 e. The van der Waals surface area contributed by atoms with Gasteiger partial charge in [-0.25, -0.2) is 18.2 Å². The summed E-state index contributed by atoms with van der Waals surface area (Å²) >= 11 is 0. The van der Waals surface area contributed by atoms with Crippen molar-refractivity contribution in [1.82, 2.24) is 15.3 Å². The second-order valence-electron chi connectivity index (χ2n) is 9.31. The fraction of sp³-hybridized carbons (Fsp3) is 0.308. The molecule has 0 saturated carbocycles. The Morgan fingerprint density at radius 3 is 2.61 bits per heavy atom. The zero-order valence-electron chi connectivity index (χ0n) is 20.8. The second kappa shape index (κ2) is 11.1. The molecule has 3 heterocycles. The first-order chi connectivity index (χ1) is 18.1. The summed E-state index contributed by atoms with van der Waals surface area (Å²) in [6, 6.07) is 5.26. The molecule has 2 unspecified atom stereocenters. The Balaban J connectivity index is 1.65. The number of carbonyl (C=O) groups is 2. The summed E-state index contributed by atoms with van der Waals surface area (Å²) in [7, 11) is 0. The number of hydrogen-bond donors (Lipinski definition) is 4. The maximum absolute atomic E-state index is 15.3. The van der Waals surface area contributed by atoms with Crippen LogP contribution in [-0.4, -0.2) is 53.1 Å². The van der Waals surface area contributed by atoms with Gasteiger partial charge in [-0.05, 0) is 50.6 Å². The molecular formula is C26H28F3N7O2. The van der Waals surface area contributed by atoms with Gasteiger partial charge in [-0.3, -0.25) is 14.6 Å². The van der Waals surface area contributed by atoms with E-state index in [4.69, 9.17) is 11.5 Å². The molecular weight excluding hydrogens is 499 g/mol. The summed E-state index contributed by atoms with van der Waals surface area (Å²) in [5.74, 6) is -3.55. The third kappa shape index (κ3) is 5.54. The average molecular weight is 528 g/mol. The smallest absolute Gasteiger partial charge is 0.276 e. The molecule has 1 saturated heterocycles. The molecule has 0 aliphatic carbocycles. The summed E-state index contributed by atoms with van der Waals surface area (Å²) in [4.78, 5) is 35.6. The van der Waals surface area contributed by atoms with Gasteiger partial charge in [-0.15, -0.1) is 0 Å². The molecule has 2 atom stereocenters. The van der Waals surface area contributed by atoms with Crippen molar-refractivity contribution in [2.45, 2.75) is 38.5 Å². The molecule has 0 radical (unpaired) electrons. The first kappa shape index (κ1) is 26.9. The molecule has 200 valence electrons. The Hall–Kier alpha value is -4.19. The number of amides is 2. The lowest BCUT2D eigenvalue weighted by Crippen LogP contribution is -2.50. The van der Waals surface area contributed by atoms with Crippen LogP contribution >= 0.6 is 0 Å². The minimum atomic E-state index is -1.12. The number of nitrogen functional groups attached to an aromatic ring is 1. The molecule has 3 aromatic rings. The van der Waals surface area contributed by atoms with Crippen LogP contribution in [0.4, 0.5) is 30.2 Å². The summed E-state index contributed by atoms with van der Waals surface area (Å²) in [5, 5.41) is 5.24. The molecule has 4 rings (SSSR count). The van der Waals surface area contributed by atoms with Crippen LogP contribution in [0.3, 0.4) is 0 Å². The van der Waals surface area contributed by atoms with Crippen molar-refractivity contribution in [3.8, 4) is 11.3 Å². The number of piperidine rings is 1. The molecule has 0 spiro atoms. The van der Waals surface area contributed by atoms with Crippen molar-refractivity contribution in [2.24, 2.45) is 5.73 Å². The van der Waals surface area contributed by atoms with Crippen LogP contribution in [0.25, 0.3) is 11.3 Å². The van der Waals surface area contributed by atoms with Crippen molar-refractivity contribution in [2.75, 3.05) is 29.0 Å². The molecule has 1 fully saturated rings. The van der Waals surface area contributed by atoms with Gasteiger partial charge in [0, 0.05) is 25.3 Å². The topological polar surface area (TPSA) is 139 Å². The predicted molar refractivity (Wildman–Crippen MR) is 138 cm³/mol. The van der Waals surface area contributed by atoms with Crippen LogP contribution in [0.5, 0.6) is 0 Å². The van der Waals surface area contributed by atoms with Gasteiger partial charge in [0.15, 0.2) is 5.69 Å². The Morgan fingerprint density at radius 2 is 1.89 bits per heavy atom. The minimum Gasteiger partial charge on any atom is -0.397 e. The van der Waals surface area contributed by atoms with Gasteiger partial charge >= 0.3 is 0 Å². The summed E-state index contributed by atoms with van der Waals surface area (Å²) in [5.41, 5.74) is 11.3. The maximum Gasteiger partial charge on any atom is 0.276 e. The van der Waals surface area contributed by atoms with Gasteiger partial charge in [-0.2, -0.15) is 0 Å². The molecule has 6 N–H and O–H groups in total. The van der Waals surface area contributed by atoms with Gasteiger partial charge in [0.05, 0.1) is 46.1 Å². The molecule has 12 heteroatoms. The number of nitrogens with one attached hydrogen (secondary N) is 2. The number of nitrogens with two attached hydrogens (primary N) is 2. The molecule has 1 aliphatic heterocycles. The van der Waals surface area contributed by atoms with Crippen molar-refractivity contribution in [3.63, 3.8) is 0 Å². The Kier molecular flexibility index (Phi) is 7.81. The normalized spacial score (nSPS) is 17.4. The summed E-state index contributed by atoms with van der Waals surface area (Å²) in [6.07, 6.45) is 2.06. The van der Waals surface area contributed by atoms with E-state index in [1.165, 1.54) is 24.5 Å². The number of alkyl halides is 1. The molecule has 38 heavy (non-hydrogen) atoms. The third-order valence-corrected chi connectivity index (χ3v) is 6.11. The highest BCUT2D eigenvalue weighted by atomic mass is 19.1. The van der Waals surface area contributed by atoms with Crippen LogP contribution in [0.15, 0.2) is 42.7 Å². The lowest BCUT2D eigenvalue weighted by molar-refractivity contribution is 0.0938. The molecule has 1 aromatic carbocycles. The lowest BCUT2D eigenvalue weighted by atomic mass is 10.0. The Bertz CT molecular complexity index is 1370. The van der Waals surface area contributed by atoms with Crippen LogP contribution in [0.2, 0.25) is 0 Å². The van der Waals surface area contributed by atoms with Gasteiger partial charge in [0.1, 0.15) is 17.8 Å². The summed E-state index contributed by atoms with van der Waals surface area (Å²) in [6.45, 7) is 4.04. The fourth-order valence-electron chi connectivity index (χ4n) is 4.21. The maximum atomic E-state index is 15.3. The van der Waals surface area contributed by atoms with E-state index in [0.29, 0.717) is 17.9 Å². The van der Waals surface area contributed by atoms with Crippen molar-refractivity contribution in [1.29, 1.82) is 0 Å². The number of carbonyl (C=O) groups excluding carboxylic acids is 2. The fourth-order valence-corrected chi connectivity index (χ4v) is 4.21. The van der Waals surface area contributed by atoms with Gasteiger partial charge in [0.2, 0.25) is 0 Å². The number of rotatable bonds is 6. The number of anilines is 3. The van der Waals surface area contributed by atoms with Crippen molar-refractivity contribution < 1.29 is 22.8 Å². The van der Waals surface area contributed by atoms with Crippen LogP contribution in [0.1, 0.15) is 41.1 Å². The Morgan fingerprint density at radius 1 is 1.13 bits per heavy atom. The van der Waals surface area contributed by atoms with E-state index in [1.807, 2.05) is 4.90 Å². The highest BCUT2D eigenvalue weighted by Crippen LogP contribution is 2.31. The van der Waals surface area contributed by atoms with Crippen molar-refractivity contribution in [3.05, 3.63) is 65.6 Å². The SMILES string of the molecule is CC(C)NC(=O)c1ccc(F)c(-c2ccc(N)c(C(=O)Nc3cnccc3N3CCC(F)C(N)C3)n2)c1F. The van der Waals surface area contributed by atoms with Gasteiger partial charge < -0.3 is 27.0 Å². The van der Waals surface area contributed by atoms with E-state index in [0.717, 1.165) is 12.1 Å². The van der Waals surface area contributed by atoms with E-state index in [9.17, 15) is 18.4 Å². The number of benzene rings is 1. The van der Waals surface area contributed by atoms with E-state index in [1.54, 1.807) is 19.9 Å². The van der Waals surface area contributed by atoms with Crippen LogP contribution in [-0.2, 0) is 0 Å². The standard InChI is InChI=1S/C26H28F3N7O2/c1-13(2)33-25(37)14-3-4-16(28)22(23(14)29)19-6-5-17(30)24(34-19)26(38)35-20-11-32-9-7-21(20)36-10-8-15(27)18(31)12-36/h3-7,9,11,13,15,18H,8,10,12,30-31H2,1-2H3,(H,33,37)(H,35,38). The predicted octanol–water partition coefficient (Wildman–Crippen LogP) is 3.27. The molecule has 0 bridgehead atoms. The van der Waals surface area contributed by atoms with E-state index in [-0.39, 0.29) is 41.6 Å². The van der Waals surface area contributed by atoms with Crippen molar-refractivity contribution >= 4 is 28.9 Å². The van der Waals surface area contributed by atoms with Crippen LogP contribution < -0.4 is 27.0 Å². The quantitative estimate of drug-likeness (QED) is 0.386. The first-order valence-corrected chi connectivity index (χ1v) is 12.0. The second-order valence-corrected chi connectivity index (χ2v) is 9.31. The zero-order chi connectivity index (χ0) is 27.6. The number of aromatic nitrogens is 2. The monoisotopic (exact) mass is 527 g/mol. The lowest BCUT2D eigenvalue weighted by Gasteiger charge is -2.35.